The van der Waals surface area contributed by atoms with Gasteiger partial charge in [0.25, 0.3) is 5.91 Å². The molecule has 0 aliphatic carbocycles. The molecule has 0 N–H and O–H groups in total. The van der Waals surface area contributed by atoms with E-state index in [1.807, 2.05) is 30.3 Å². The molecule has 3 heterocycles. The van der Waals surface area contributed by atoms with Crippen LogP contribution in [-0.2, 0) is 5.75 Å². The molecule has 1 aliphatic heterocycles. The van der Waals surface area contributed by atoms with Crippen LogP contribution in [0.1, 0.15) is 33.3 Å². The fraction of sp³-hybridized carbons (Fsp3) is 0.111. The summed E-state index contributed by atoms with van der Waals surface area (Å²) in [6.07, 6.45) is 0. The average Bonchev–Trinajstić information content (AvgIpc) is 3.51. The first kappa shape index (κ1) is 23.4. The molecule has 0 spiro atoms. The normalized spacial score (nSPS) is 14.8. The molecule has 0 saturated heterocycles. The molecule has 1 unspecified atom stereocenters. The van der Waals surface area contributed by atoms with E-state index in [1.54, 1.807) is 24.3 Å². The van der Waals surface area contributed by atoms with Crippen molar-refractivity contribution in [1.82, 2.24) is 10.2 Å². The van der Waals surface area contributed by atoms with Gasteiger partial charge >= 0.3 is 0 Å². The summed E-state index contributed by atoms with van der Waals surface area (Å²) < 4.78 is 26.0. The van der Waals surface area contributed by atoms with E-state index in [0.717, 1.165) is 11.6 Å². The van der Waals surface area contributed by atoms with Crippen LogP contribution in [0.2, 0.25) is 0 Å². The van der Waals surface area contributed by atoms with Crippen LogP contribution in [-0.4, -0.2) is 23.2 Å². The SMILES string of the molecule is COc1cccc(C2c3c(oc4ccc(F)cc4c3=O)C(=O)N2c2nnc(SCc3ccccc3)s2)c1. The Labute approximate surface area is 218 Å². The minimum Gasteiger partial charge on any atom is -0.497 e. The number of methoxy groups -OCH3 is 1. The lowest BCUT2D eigenvalue weighted by molar-refractivity contribution is 0.0970. The number of hydrogen-bond acceptors (Lipinski definition) is 8. The van der Waals surface area contributed by atoms with E-state index in [-0.39, 0.29) is 22.3 Å². The molecule has 0 saturated carbocycles. The lowest BCUT2D eigenvalue weighted by Gasteiger charge is -2.22. The molecule has 6 rings (SSSR count). The Morgan fingerprint density at radius 1 is 1.05 bits per heavy atom. The largest absolute Gasteiger partial charge is 0.497 e. The number of nitrogens with zero attached hydrogens (tertiary/aromatic N) is 3. The highest BCUT2D eigenvalue weighted by Crippen LogP contribution is 2.43. The van der Waals surface area contributed by atoms with Gasteiger partial charge in [0.05, 0.1) is 24.1 Å². The second-order valence-electron chi connectivity index (χ2n) is 8.29. The summed E-state index contributed by atoms with van der Waals surface area (Å²) in [5, 5.41) is 8.97. The predicted octanol–water partition coefficient (Wildman–Crippen LogP) is 5.83. The van der Waals surface area contributed by atoms with Crippen molar-refractivity contribution >= 4 is 45.1 Å². The molecule has 3 aromatic carbocycles. The van der Waals surface area contributed by atoms with Gasteiger partial charge in [-0.05, 0) is 41.5 Å². The second kappa shape index (κ2) is 9.45. The Balaban J connectivity index is 1.46. The number of thioether (sulfide) groups is 1. The first-order chi connectivity index (χ1) is 18.0. The number of hydrogen-bond donors (Lipinski definition) is 0. The molecule has 0 fully saturated rings. The van der Waals surface area contributed by atoms with Crippen LogP contribution in [0.15, 0.2) is 86.3 Å². The number of amides is 1. The van der Waals surface area contributed by atoms with Crippen molar-refractivity contribution in [3.8, 4) is 5.75 Å². The summed E-state index contributed by atoms with van der Waals surface area (Å²) in [6, 6.07) is 19.9. The Bertz CT molecular complexity index is 1700. The van der Waals surface area contributed by atoms with Crippen molar-refractivity contribution in [3.63, 3.8) is 0 Å². The van der Waals surface area contributed by atoms with E-state index in [2.05, 4.69) is 10.2 Å². The second-order valence-corrected chi connectivity index (χ2v) is 10.5. The molecule has 0 bridgehead atoms. The van der Waals surface area contributed by atoms with E-state index >= 15 is 0 Å². The van der Waals surface area contributed by atoms with Crippen molar-refractivity contribution < 1.29 is 18.3 Å². The van der Waals surface area contributed by atoms with Gasteiger partial charge in [-0.3, -0.25) is 14.5 Å². The zero-order valence-corrected chi connectivity index (χ0v) is 21.0. The highest BCUT2D eigenvalue weighted by molar-refractivity contribution is 8.00. The van der Waals surface area contributed by atoms with Gasteiger partial charge in [0.2, 0.25) is 10.9 Å². The van der Waals surface area contributed by atoms with Crippen LogP contribution in [0.25, 0.3) is 11.0 Å². The maximum absolute atomic E-state index is 14.0. The predicted molar refractivity (Wildman–Crippen MR) is 140 cm³/mol. The van der Waals surface area contributed by atoms with Gasteiger partial charge in [-0.1, -0.05) is 65.6 Å². The van der Waals surface area contributed by atoms with Crippen LogP contribution in [0.4, 0.5) is 9.52 Å². The zero-order valence-electron chi connectivity index (χ0n) is 19.4. The monoisotopic (exact) mass is 531 g/mol. The number of benzene rings is 3. The van der Waals surface area contributed by atoms with Gasteiger partial charge in [0, 0.05) is 5.75 Å². The molecule has 0 radical (unpaired) electrons. The third kappa shape index (κ3) is 4.17. The number of carbonyl (C=O) groups excluding carboxylic acids is 1. The highest BCUT2D eigenvalue weighted by Gasteiger charge is 2.45. The van der Waals surface area contributed by atoms with Crippen LogP contribution in [0.3, 0.4) is 0 Å². The lowest BCUT2D eigenvalue weighted by atomic mass is 9.98. The molecular formula is C27H18FN3O4S2. The molecule has 5 aromatic rings. The van der Waals surface area contributed by atoms with Crippen LogP contribution < -0.4 is 15.1 Å². The van der Waals surface area contributed by atoms with Gasteiger partial charge in [-0.15, -0.1) is 10.2 Å². The van der Waals surface area contributed by atoms with E-state index < -0.39 is 23.2 Å². The molecule has 7 nitrogen and oxygen atoms in total. The summed E-state index contributed by atoms with van der Waals surface area (Å²) in [5.41, 5.74) is 1.56. The van der Waals surface area contributed by atoms with Crippen molar-refractivity contribution in [2.45, 2.75) is 16.1 Å². The Hall–Kier alpha value is -4.02. The number of anilines is 1. The summed E-state index contributed by atoms with van der Waals surface area (Å²) in [4.78, 5) is 28.8. The molecule has 10 heteroatoms. The Morgan fingerprint density at radius 2 is 1.89 bits per heavy atom. The van der Waals surface area contributed by atoms with E-state index in [9.17, 15) is 14.0 Å². The van der Waals surface area contributed by atoms with Crippen molar-refractivity contribution in [2.75, 3.05) is 12.0 Å². The molecule has 37 heavy (non-hydrogen) atoms. The maximum Gasteiger partial charge on any atom is 0.297 e. The van der Waals surface area contributed by atoms with Crippen molar-refractivity contribution in [1.29, 1.82) is 0 Å². The van der Waals surface area contributed by atoms with Gasteiger partial charge in [-0.25, -0.2) is 4.39 Å². The van der Waals surface area contributed by atoms with Gasteiger partial charge in [0.1, 0.15) is 17.1 Å². The molecule has 2 aromatic heterocycles. The van der Waals surface area contributed by atoms with E-state index in [0.29, 0.717) is 26.5 Å². The Kier molecular flexibility index (Phi) is 5.97. The van der Waals surface area contributed by atoms with Crippen LogP contribution in [0.5, 0.6) is 5.75 Å². The van der Waals surface area contributed by atoms with Crippen LogP contribution in [0, 0.1) is 5.82 Å². The van der Waals surface area contributed by atoms with Crippen LogP contribution >= 0.6 is 23.1 Å². The third-order valence-corrected chi connectivity index (χ3v) is 8.18. The standard InChI is InChI=1S/C27H18FN3O4S2/c1-34-18-9-5-8-16(12-18)22-21-23(32)19-13-17(28)10-11-20(19)35-24(21)25(33)31(22)26-29-30-27(37-26)36-14-15-6-3-2-4-7-15/h2-13,22H,14H2,1H3. The molecule has 1 atom stereocenters. The first-order valence-corrected chi connectivity index (χ1v) is 13.1. The minimum atomic E-state index is -0.846. The lowest BCUT2D eigenvalue weighted by Crippen LogP contribution is -2.29. The number of ether oxygens (including phenoxy) is 1. The van der Waals surface area contributed by atoms with Gasteiger partial charge in [0.15, 0.2) is 9.77 Å². The number of fused-ring (bicyclic) bond motifs is 2. The van der Waals surface area contributed by atoms with E-state index in [1.165, 1.54) is 47.2 Å². The summed E-state index contributed by atoms with van der Waals surface area (Å²) in [5.74, 6) is 0.0847. The quantitative estimate of drug-likeness (QED) is 0.201. The average molecular weight is 532 g/mol. The minimum absolute atomic E-state index is 0.0673. The number of rotatable bonds is 6. The fourth-order valence-electron chi connectivity index (χ4n) is 4.35. The topological polar surface area (TPSA) is 85.5 Å². The molecule has 1 aliphatic rings. The van der Waals surface area contributed by atoms with Crippen molar-refractivity contribution in [2.24, 2.45) is 0 Å². The number of aromatic nitrogens is 2. The Morgan fingerprint density at radius 3 is 2.70 bits per heavy atom. The van der Waals surface area contributed by atoms with Crippen molar-refractivity contribution in [3.05, 3.63) is 111 Å². The van der Waals surface area contributed by atoms with E-state index in [4.69, 9.17) is 9.15 Å². The summed E-state index contributed by atoms with van der Waals surface area (Å²) in [7, 11) is 1.54. The smallest absolute Gasteiger partial charge is 0.297 e. The van der Waals surface area contributed by atoms with Gasteiger partial charge < -0.3 is 9.15 Å². The summed E-state index contributed by atoms with van der Waals surface area (Å²) in [6.45, 7) is 0. The summed E-state index contributed by atoms with van der Waals surface area (Å²) >= 11 is 2.76. The first-order valence-electron chi connectivity index (χ1n) is 11.3. The molecule has 1 amide bonds. The maximum atomic E-state index is 14.0. The number of halogens is 1. The fourth-order valence-corrected chi connectivity index (χ4v) is 6.17. The number of carbonyl (C=O) groups is 1. The zero-order chi connectivity index (χ0) is 25.5. The highest BCUT2D eigenvalue weighted by atomic mass is 32.2. The molecular weight excluding hydrogens is 513 g/mol. The third-order valence-electron chi connectivity index (χ3n) is 6.05. The van der Waals surface area contributed by atoms with Gasteiger partial charge in [-0.2, -0.15) is 0 Å². The molecule has 184 valence electrons.